The van der Waals surface area contributed by atoms with Crippen molar-refractivity contribution >= 4 is 15.9 Å². The van der Waals surface area contributed by atoms with E-state index in [1.165, 1.54) is 32.4 Å². The molecule has 106 valence electrons. The molecule has 0 spiro atoms. The van der Waals surface area contributed by atoms with Crippen LogP contribution in [-0.4, -0.2) is 41.1 Å². The van der Waals surface area contributed by atoms with Crippen LogP contribution in [0.2, 0.25) is 0 Å². The number of aromatic nitrogens is 2. The van der Waals surface area contributed by atoms with E-state index in [0.717, 1.165) is 17.0 Å². The number of halogens is 1. The smallest absolute Gasteiger partial charge is 0.217 e. The van der Waals surface area contributed by atoms with Crippen LogP contribution in [-0.2, 0) is 0 Å². The number of ether oxygens (including phenoxy) is 1. The Bertz CT molecular complexity index is 406. The molecular weight excluding hydrogens is 306 g/mol. The lowest BCUT2D eigenvalue weighted by molar-refractivity contribution is 0.180. The Labute approximate surface area is 123 Å². The normalized spacial score (nSPS) is 16.8. The Balaban J connectivity index is 1.84. The van der Waals surface area contributed by atoms with Crippen molar-refractivity contribution in [1.29, 1.82) is 0 Å². The molecule has 1 fully saturated rings. The largest absolute Gasteiger partial charge is 0.476 e. The van der Waals surface area contributed by atoms with Crippen molar-refractivity contribution in [2.45, 2.75) is 39.0 Å². The number of likely N-dealkylation sites (tertiary alicyclic amines) is 1. The van der Waals surface area contributed by atoms with Gasteiger partial charge in [0.15, 0.2) is 0 Å². The molecule has 0 unspecified atom stereocenters. The Morgan fingerprint density at radius 1 is 1.26 bits per heavy atom. The highest BCUT2D eigenvalue weighted by Crippen LogP contribution is 2.19. The van der Waals surface area contributed by atoms with Gasteiger partial charge in [-0.25, -0.2) is 4.98 Å². The monoisotopic (exact) mass is 327 g/mol. The summed E-state index contributed by atoms with van der Waals surface area (Å²) in [4.78, 5) is 11.2. The molecule has 1 aromatic heterocycles. The van der Waals surface area contributed by atoms with E-state index < -0.39 is 0 Å². The number of piperidine rings is 1. The van der Waals surface area contributed by atoms with Crippen molar-refractivity contribution in [2.75, 3.05) is 26.2 Å². The lowest BCUT2D eigenvalue weighted by atomic mass is 10.1. The summed E-state index contributed by atoms with van der Waals surface area (Å²) in [6, 6.07) is 1.84. The van der Waals surface area contributed by atoms with Crippen molar-refractivity contribution in [1.82, 2.24) is 14.9 Å². The van der Waals surface area contributed by atoms with Crippen LogP contribution in [0.4, 0.5) is 0 Å². The quantitative estimate of drug-likeness (QED) is 0.778. The summed E-state index contributed by atoms with van der Waals surface area (Å²) < 4.78 is 6.55. The van der Waals surface area contributed by atoms with E-state index in [-0.39, 0.29) is 0 Å². The van der Waals surface area contributed by atoms with Gasteiger partial charge >= 0.3 is 0 Å². The average Bonchev–Trinajstić information content (AvgIpc) is 2.39. The number of hydrogen-bond acceptors (Lipinski definition) is 4. The van der Waals surface area contributed by atoms with Gasteiger partial charge in [0.1, 0.15) is 17.0 Å². The fourth-order valence-corrected chi connectivity index (χ4v) is 2.59. The minimum atomic E-state index is 0.307. The molecule has 0 aliphatic carbocycles. The minimum absolute atomic E-state index is 0.307. The van der Waals surface area contributed by atoms with E-state index in [1.54, 1.807) is 0 Å². The fraction of sp³-hybridized carbons (Fsp3) is 0.714. The van der Waals surface area contributed by atoms with Crippen LogP contribution < -0.4 is 4.74 Å². The third-order valence-corrected chi connectivity index (χ3v) is 3.72. The lowest BCUT2D eigenvalue weighted by Crippen LogP contribution is -2.33. The topological polar surface area (TPSA) is 38.2 Å². The van der Waals surface area contributed by atoms with Gasteiger partial charge in [-0.1, -0.05) is 20.3 Å². The summed E-state index contributed by atoms with van der Waals surface area (Å²) in [7, 11) is 0. The zero-order valence-corrected chi connectivity index (χ0v) is 13.3. The third-order valence-electron chi connectivity index (χ3n) is 3.31. The van der Waals surface area contributed by atoms with E-state index in [4.69, 9.17) is 4.74 Å². The number of nitrogens with zero attached hydrogens (tertiary/aromatic N) is 3. The van der Waals surface area contributed by atoms with Crippen LogP contribution in [0.5, 0.6) is 5.88 Å². The number of hydrogen-bond donors (Lipinski definition) is 0. The first-order valence-corrected chi connectivity index (χ1v) is 7.84. The molecule has 1 aromatic rings. The fourth-order valence-electron chi connectivity index (χ4n) is 2.21. The Hall–Kier alpha value is -0.680. The Kier molecular flexibility index (Phi) is 5.58. The Morgan fingerprint density at radius 3 is 2.68 bits per heavy atom. The maximum absolute atomic E-state index is 5.76. The lowest BCUT2D eigenvalue weighted by Gasteiger charge is -2.26. The summed E-state index contributed by atoms with van der Waals surface area (Å²) >= 11 is 3.41. The van der Waals surface area contributed by atoms with Crippen LogP contribution in [0.15, 0.2) is 10.7 Å². The second kappa shape index (κ2) is 7.20. The molecule has 5 heteroatoms. The summed E-state index contributed by atoms with van der Waals surface area (Å²) in [5, 5.41) is 0. The molecular formula is C14H22BrN3O. The van der Waals surface area contributed by atoms with Crippen LogP contribution in [0.1, 0.15) is 44.9 Å². The number of rotatable bonds is 5. The van der Waals surface area contributed by atoms with E-state index in [1.807, 2.05) is 6.07 Å². The van der Waals surface area contributed by atoms with Crippen molar-refractivity contribution in [3.8, 4) is 5.88 Å². The maximum Gasteiger partial charge on any atom is 0.217 e. The van der Waals surface area contributed by atoms with Gasteiger partial charge in [0.05, 0.1) is 0 Å². The van der Waals surface area contributed by atoms with Gasteiger partial charge in [-0.05, 0) is 41.9 Å². The molecule has 0 bridgehead atoms. The molecule has 0 radical (unpaired) electrons. The first-order valence-electron chi connectivity index (χ1n) is 7.05. The van der Waals surface area contributed by atoms with Gasteiger partial charge < -0.3 is 4.74 Å². The van der Waals surface area contributed by atoms with Crippen molar-refractivity contribution < 1.29 is 4.74 Å². The summed E-state index contributed by atoms with van der Waals surface area (Å²) in [5.74, 6) is 1.80. The summed E-state index contributed by atoms with van der Waals surface area (Å²) in [5.41, 5.74) is 0. The van der Waals surface area contributed by atoms with E-state index >= 15 is 0 Å². The van der Waals surface area contributed by atoms with Crippen molar-refractivity contribution in [2.24, 2.45) is 0 Å². The summed E-state index contributed by atoms with van der Waals surface area (Å²) in [6.45, 7) is 8.25. The second-order valence-electron chi connectivity index (χ2n) is 5.29. The maximum atomic E-state index is 5.76. The predicted molar refractivity (Wildman–Crippen MR) is 79.6 cm³/mol. The first-order chi connectivity index (χ1) is 9.15. The highest BCUT2D eigenvalue weighted by Gasteiger charge is 2.11. The van der Waals surface area contributed by atoms with Crippen LogP contribution >= 0.6 is 15.9 Å². The minimum Gasteiger partial charge on any atom is -0.476 e. The van der Waals surface area contributed by atoms with Gasteiger partial charge in [0.2, 0.25) is 5.88 Å². The molecule has 0 N–H and O–H groups in total. The SMILES string of the molecule is CC(C)c1nc(Br)cc(OCCN2CCCCC2)n1. The van der Waals surface area contributed by atoms with Crippen LogP contribution in [0.25, 0.3) is 0 Å². The molecule has 1 aliphatic heterocycles. The van der Waals surface area contributed by atoms with E-state index in [9.17, 15) is 0 Å². The second-order valence-corrected chi connectivity index (χ2v) is 6.11. The molecule has 1 saturated heterocycles. The van der Waals surface area contributed by atoms with Gasteiger partial charge in [-0.3, -0.25) is 4.90 Å². The van der Waals surface area contributed by atoms with Crippen molar-refractivity contribution in [3.05, 3.63) is 16.5 Å². The predicted octanol–water partition coefficient (Wildman–Crippen LogP) is 3.23. The first kappa shape index (κ1) is 14.7. The zero-order valence-electron chi connectivity index (χ0n) is 11.7. The third kappa shape index (κ3) is 4.73. The molecule has 19 heavy (non-hydrogen) atoms. The molecule has 2 rings (SSSR count). The summed E-state index contributed by atoms with van der Waals surface area (Å²) in [6.07, 6.45) is 4.00. The van der Waals surface area contributed by atoms with Gasteiger partial charge in [-0.15, -0.1) is 0 Å². The molecule has 0 amide bonds. The molecule has 0 saturated carbocycles. The molecule has 1 aliphatic rings. The van der Waals surface area contributed by atoms with Gasteiger partial charge in [0.25, 0.3) is 0 Å². The molecule has 0 atom stereocenters. The highest BCUT2D eigenvalue weighted by molar-refractivity contribution is 9.10. The molecule has 4 nitrogen and oxygen atoms in total. The van der Waals surface area contributed by atoms with Gasteiger partial charge in [0, 0.05) is 18.5 Å². The average molecular weight is 328 g/mol. The Morgan fingerprint density at radius 2 is 2.00 bits per heavy atom. The standard InChI is InChI=1S/C14H22BrN3O/c1-11(2)14-16-12(15)10-13(17-14)19-9-8-18-6-4-3-5-7-18/h10-11H,3-9H2,1-2H3. The van der Waals surface area contributed by atoms with Gasteiger partial charge in [-0.2, -0.15) is 4.98 Å². The molecule has 2 heterocycles. The van der Waals surface area contributed by atoms with Crippen molar-refractivity contribution in [3.63, 3.8) is 0 Å². The highest BCUT2D eigenvalue weighted by atomic mass is 79.9. The van der Waals surface area contributed by atoms with E-state index in [2.05, 4.69) is 44.6 Å². The van der Waals surface area contributed by atoms with Crippen LogP contribution in [0.3, 0.4) is 0 Å². The van der Waals surface area contributed by atoms with Crippen LogP contribution in [0, 0.1) is 0 Å². The molecule has 0 aromatic carbocycles. The van der Waals surface area contributed by atoms with E-state index in [0.29, 0.717) is 18.4 Å². The zero-order chi connectivity index (χ0) is 13.7.